The van der Waals surface area contributed by atoms with Gasteiger partial charge in [-0.05, 0) is 29.3 Å². The van der Waals surface area contributed by atoms with E-state index in [1.165, 1.54) is 0 Å². The summed E-state index contributed by atoms with van der Waals surface area (Å²) in [6.07, 6.45) is 0. The van der Waals surface area contributed by atoms with Gasteiger partial charge in [0.15, 0.2) is 0 Å². The van der Waals surface area contributed by atoms with Crippen LogP contribution in [0.5, 0.6) is 5.88 Å². The molecule has 1 aromatic heterocycles. The van der Waals surface area contributed by atoms with Crippen molar-refractivity contribution < 1.29 is 4.74 Å². The van der Waals surface area contributed by atoms with Gasteiger partial charge in [0.2, 0.25) is 5.88 Å². The monoisotopic (exact) mass is 295 g/mol. The summed E-state index contributed by atoms with van der Waals surface area (Å²) in [6.45, 7) is 0. The number of ether oxygens (including phenoxy) is 1. The zero-order chi connectivity index (χ0) is 14.7. The van der Waals surface area contributed by atoms with Crippen LogP contribution in [0.25, 0.3) is 22.4 Å². The standard InChI is InChI=1S/C18H14ClNO/c1-21-18-4-2-3-17(20-18)15-7-5-13(6-8-15)14-9-11-16(19)12-10-14/h2-12H,1H3. The number of hydrogen-bond donors (Lipinski definition) is 0. The van der Waals surface area contributed by atoms with Gasteiger partial charge in [0.25, 0.3) is 0 Å². The molecule has 0 bridgehead atoms. The van der Waals surface area contributed by atoms with Gasteiger partial charge in [0, 0.05) is 16.7 Å². The number of rotatable bonds is 3. The highest BCUT2D eigenvalue weighted by atomic mass is 35.5. The molecule has 0 saturated heterocycles. The minimum atomic E-state index is 0.620. The lowest BCUT2D eigenvalue weighted by Crippen LogP contribution is -1.89. The molecule has 1 heterocycles. The van der Waals surface area contributed by atoms with Crippen LogP contribution in [-0.4, -0.2) is 12.1 Å². The topological polar surface area (TPSA) is 22.1 Å². The fourth-order valence-corrected chi connectivity index (χ4v) is 2.29. The summed E-state index contributed by atoms with van der Waals surface area (Å²) in [5.74, 6) is 0.620. The SMILES string of the molecule is COc1cccc(-c2ccc(-c3ccc(Cl)cc3)cc2)n1. The average molecular weight is 296 g/mol. The maximum atomic E-state index is 5.91. The van der Waals surface area contributed by atoms with Gasteiger partial charge in [-0.1, -0.05) is 54.1 Å². The normalized spacial score (nSPS) is 10.4. The van der Waals surface area contributed by atoms with Crippen LogP contribution in [0, 0.1) is 0 Å². The van der Waals surface area contributed by atoms with Gasteiger partial charge >= 0.3 is 0 Å². The van der Waals surface area contributed by atoms with E-state index in [0.29, 0.717) is 5.88 Å². The first-order chi connectivity index (χ1) is 10.3. The van der Waals surface area contributed by atoms with E-state index >= 15 is 0 Å². The zero-order valence-electron chi connectivity index (χ0n) is 11.6. The van der Waals surface area contributed by atoms with E-state index in [1.54, 1.807) is 7.11 Å². The number of nitrogens with zero attached hydrogens (tertiary/aromatic N) is 1. The van der Waals surface area contributed by atoms with Crippen molar-refractivity contribution in [2.75, 3.05) is 7.11 Å². The summed E-state index contributed by atoms with van der Waals surface area (Å²) in [7, 11) is 1.62. The van der Waals surface area contributed by atoms with Crippen molar-refractivity contribution in [3.63, 3.8) is 0 Å². The molecule has 21 heavy (non-hydrogen) atoms. The lowest BCUT2D eigenvalue weighted by atomic mass is 10.0. The molecule has 0 aliphatic rings. The highest BCUT2D eigenvalue weighted by molar-refractivity contribution is 6.30. The number of hydrogen-bond acceptors (Lipinski definition) is 2. The Kier molecular flexibility index (Phi) is 3.89. The van der Waals surface area contributed by atoms with Crippen molar-refractivity contribution in [2.45, 2.75) is 0 Å². The second kappa shape index (κ2) is 5.98. The summed E-state index contributed by atoms with van der Waals surface area (Å²) >= 11 is 5.91. The third-order valence-corrected chi connectivity index (χ3v) is 3.54. The number of benzene rings is 2. The van der Waals surface area contributed by atoms with Gasteiger partial charge in [-0.25, -0.2) is 4.98 Å². The predicted molar refractivity (Wildman–Crippen MR) is 86.7 cm³/mol. The van der Waals surface area contributed by atoms with Crippen molar-refractivity contribution in [2.24, 2.45) is 0 Å². The lowest BCUT2D eigenvalue weighted by Gasteiger charge is -2.06. The van der Waals surface area contributed by atoms with E-state index in [1.807, 2.05) is 42.5 Å². The molecule has 0 saturated carbocycles. The molecule has 0 aliphatic heterocycles. The van der Waals surface area contributed by atoms with Crippen molar-refractivity contribution >= 4 is 11.6 Å². The molecule has 104 valence electrons. The van der Waals surface area contributed by atoms with Gasteiger partial charge in [-0.2, -0.15) is 0 Å². The van der Waals surface area contributed by atoms with Crippen LogP contribution in [0.2, 0.25) is 5.02 Å². The lowest BCUT2D eigenvalue weighted by molar-refractivity contribution is 0.398. The van der Waals surface area contributed by atoms with E-state index in [9.17, 15) is 0 Å². The van der Waals surface area contributed by atoms with Crippen LogP contribution in [0.1, 0.15) is 0 Å². The molecule has 0 radical (unpaired) electrons. The molecule has 0 fully saturated rings. The molecule has 0 aliphatic carbocycles. The van der Waals surface area contributed by atoms with Gasteiger partial charge in [-0.15, -0.1) is 0 Å². The van der Waals surface area contributed by atoms with Gasteiger partial charge < -0.3 is 4.74 Å². The third kappa shape index (κ3) is 3.06. The second-order valence-electron chi connectivity index (χ2n) is 4.65. The second-order valence-corrected chi connectivity index (χ2v) is 5.09. The van der Waals surface area contributed by atoms with Crippen molar-refractivity contribution in [1.29, 1.82) is 0 Å². The van der Waals surface area contributed by atoms with Crippen molar-refractivity contribution in [1.82, 2.24) is 4.98 Å². The van der Waals surface area contributed by atoms with Crippen molar-refractivity contribution in [3.8, 4) is 28.3 Å². The first-order valence-corrected chi connectivity index (χ1v) is 7.01. The molecule has 3 heteroatoms. The smallest absolute Gasteiger partial charge is 0.213 e. The van der Waals surface area contributed by atoms with Crippen LogP contribution >= 0.6 is 11.6 Å². The molecular weight excluding hydrogens is 282 g/mol. The molecule has 0 amide bonds. The molecular formula is C18H14ClNO. The Balaban J connectivity index is 1.91. The Labute approximate surface area is 129 Å². The summed E-state index contributed by atoms with van der Waals surface area (Å²) in [5, 5.41) is 0.746. The van der Waals surface area contributed by atoms with E-state index in [-0.39, 0.29) is 0 Å². The number of pyridine rings is 1. The Hall–Kier alpha value is -2.32. The first-order valence-electron chi connectivity index (χ1n) is 6.64. The van der Waals surface area contributed by atoms with Gasteiger partial charge in [0.1, 0.15) is 0 Å². The highest BCUT2D eigenvalue weighted by Crippen LogP contribution is 2.25. The highest BCUT2D eigenvalue weighted by Gasteiger charge is 2.03. The fourth-order valence-electron chi connectivity index (χ4n) is 2.17. The molecule has 2 aromatic carbocycles. The van der Waals surface area contributed by atoms with Crippen LogP contribution in [-0.2, 0) is 0 Å². The van der Waals surface area contributed by atoms with E-state index in [4.69, 9.17) is 16.3 Å². The molecule has 3 aromatic rings. The molecule has 3 rings (SSSR count). The minimum Gasteiger partial charge on any atom is -0.481 e. The Morgan fingerprint density at radius 1 is 0.762 bits per heavy atom. The first kappa shape index (κ1) is 13.7. The summed E-state index contributed by atoms with van der Waals surface area (Å²) in [6, 6.07) is 21.9. The molecule has 2 nitrogen and oxygen atoms in total. The summed E-state index contributed by atoms with van der Waals surface area (Å²) in [4.78, 5) is 4.44. The van der Waals surface area contributed by atoms with Crippen LogP contribution in [0.3, 0.4) is 0 Å². The van der Waals surface area contributed by atoms with E-state index in [2.05, 4.69) is 29.2 Å². The molecule has 0 N–H and O–H groups in total. The quantitative estimate of drug-likeness (QED) is 0.672. The Morgan fingerprint density at radius 3 is 1.95 bits per heavy atom. The Bertz CT molecular complexity index is 736. The van der Waals surface area contributed by atoms with Crippen molar-refractivity contribution in [3.05, 3.63) is 71.8 Å². The number of aromatic nitrogens is 1. The summed E-state index contributed by atoms with van der Waals surface area (Å²) in [5.41, 5.74) is 4.26. The van der Waals surface area contributed by atoms with Gasteiger partial charge in [0.05, 0.1) is 12.8 Å². The average Bonchev–Trinajstić information content (AvgIpc) is 2.56. The maximum absolute atomic E-state index is 5.91. The largest absolute Gasteiger partial charge is 0.481 e. The Morgan fingerprint density at radius 2 is 1.33 bits per heavy atom. The molecule has 0 unspecified atom stereocenters. The zero-order valence-corrected chi connectivity index (χ0v) is 12.3. The van der Waals surface area contributed by atoms with Crippen LogP contribution in [0.4, 0.5) is 0 Å². The predicted octanol–water partition coefficient (Wildman–Crippen LogP) is 5.08. The summed E-state index contributed by atoms with van der Waals surface area (Å²) < 4.78 is 5.16. The maximum Gasteiger partial charge on any atom is 0.213 e. The van der Waals surface area contributed by atoms with E-state index in [0.717, 1.165) is 27.4 Å². The molecule has 0 spiro atoms. The van der Waals surface area contributed by atoms with E-state index < -0.39 is 0 Å². The number of methoxy groups -OCH3 is 1. The fraction of sp³-hybridized carbons (Fsp3) is 0.0556. The third-order valence-electron chi connectivity index (χ3n) is 3.29. The van der Waals surface area contributed by atoms with Crippen LogP contribution in [0.15, 0.2) is 66.7 Å². The molecule has 0 atom stereocenters. The minimum absolute atomic E-state index is 0.620. The van der Waals surface area contributed by atoms with Crippen LogP contribution < -0.4 is 4.74 Å². The van der Waals surface area contributed by atoms with Gasteiger partial charge in [-0.3, -0.25) is 0 Å². The number of halogens is 1.